The first-order valence-electron chi connectivity index (χ1n) is 9.80. The lowest BCUT2D eigenvalue weighted by molar-refractivity contribution is -0.826. The Labute approximate surface area is 159 Å². The molecule has 5 rings (SSSR count). The van der Waals surface area contributed by atoms with E-state index in [4.69, 9.17) is 5.14 Å². The van der Waals surface area contributed by atoms with Crippen LogP contribution in [0.25, 0.3) is 11.0 Å². The summed E-state index contributed by atoms with van der Waals surface area (Å²) in [6, 6.07) is 2.65. The lowest BCUT2D eigenvalue weighted by Crippen LogP contribution is -2.69. The minimum absolute atomic E-state index is 0.0617. The molecule has 3 heterocycles. The average Bonchev–Trinajstić information content (AvgIpc) is 3.05. The number of nitrogens with zero attached hydrogens (tertiary/aromatic N) is 5. The molecule has 0 bridgehead atoms. The summed E-state index contributed by atoms with van der Waals surface area (Å²) in [6.45, 7) is 1.77. The van der Waals surface area contributed by atoms with Crippen LogP contribution in [-0.2, 0) is 10.2 Å². The molecule has 0 radical (unpaired) electrons. The molecular formula is C18H27N6O2S+. The molecule has 1 unspecified atom stereocenters. The van der Waals surface area contributed by atoms with Gasteiger partial charge in [0.05, 0.1) is 25.5 Å². The van der Waals surface area contributed by atoms with Crippen molar-refractivity contribution in [3.8, 4) is 0 Å². The maximum Gasteiger partial charge on any atom is 0.367 e. The van der Waals surface area contributed by atoms with Crippen molar-refractivity contribution >= 4 is 27.1 Å². The van der Waals surface area contributed by atoms with Gasteiger partial charge < -0.3 is 9.47 Å². The van der Waals surface area contributed by atoms with Gasteiger partial charge in [0.1, 0.15) is 29.9 Å². The van der Waals surface area contributed by atoms with Crippen molar-refractivity contribution in [3.63, 3.8) is 0 Å². The molecule has 1 atom stereocenters. The van der Waals surface area contributed by atoms with Crippen LogP contribution in [0, 0.1) is 0 Å². The molecule has 1 aliphatic heterocycles. The molecular weight excluding hydrogens is 364 g/mol. The summed E-state index contributed by atoms with van der Waals surface area (Å²) in [7, 11) is -1.88. The molecule has 1 spiro atoms. The Balaban J connectivity index is 1.51. The average molecular weight is 392 g/mol. The Morgan fingerprint density at radius 2 is 2.00 bits per heavy atom. The number of piperazine rings is 1. The Kier molecular flexibility index (Phi) is 3.64. The van der Waals surface area contributed by atoms with E-state index in [0.29, 0.717) is 25.7 Å². The van der Waals surface area contributed by atoms with E-state index in [1.54, 1.807) is 13.4 Å². The van der Waals surface area contributed by atoms with Gasteiger partial charge in [0, 0.05) is 25.1 Å². The Bertz CT molecular complexity index is 992. The summed E-state index contributed by atoms with van der Waals surface area (Å²) in [6.07, 6.45) is 10.5. The zero-order chi connectivity index (χ0) is 18.9. The highest BCUT2D eigenvalue weighted by molar-refractivity contribution is 7.83. The summed E-state index contributed by atoms with van der Waals surface area (Å²) in [5.41, 5.74) is 0.683. The lowest BCUT2D eigenvalue weighted by atomic mass is 10.1. The van der Waals surface area contributed by atoms with Crippen molar-refractivity contribution < 1.29 is 12.3 Å². The van der Waals surface area contributed by atoms with Crippen molar-refractivity contribution in [2.75, 3.05) is 31.6 Å². The number of likely N-dealkylation sites (N-methyl/N-ethyl adjacent to an activating group) is 1. The SMILES string of the molecule is C[N+]1(S(N)(=O)=O)CCN(c2ncnc3c2ccn3C2CCCC2)CC12CC2. The molecule has 2 aromatic rings. The van der Waals surface area contributed by atoms with E-state index in [1.807, 2.05) is 0 Å². The lowest BCUT2D eigenvalue weighted by Gasteiger charge is -2.46. The maximum atomic E-state index is 12.3. The van der Waals surface area contributed by atoms with E-state index in [1.165, 1.54) is 25.7 Å². The summed E-state index contributed by atoms with van der Waals surface area (Å²) >= 11 is 0. The second-order valence-corrected chi connectivity index (χ2v) is 10.4. The summed E-state index contributed by atoms with van der Waals surface area (Å²) in [5, 5.41) is 6.67. The number of nitrogens with two attached hydrogens (primary N) is 1. The van der Waals surface area contributed by atoms with Gasteiger partial charge in [-0.25, -0.2) is 9.97 Å². The number of quaternary nitrogens is 1. The quantitative estimate of drug-likeness (QED) is 0.801. The minimum Gasteiger partial charge on any atom is -0.344 e. The molecule has 8 nitrogen and oxygen atoms in total. The summed E-state index contributed by atoms with van der Waals surface area (Å²) in [4.78, 5) is 11.4. The fourth-order valence-corrected chi connectivity index (χ4v) is 6.29. The van der Waals surface area contributed by atoms with Gasteiger partial charge in [-0.15, -0.1) is 0 Å². The van der Waals surface area contributed by atoms with E-state index in [9.17, 15) is 8.42 Å². The van der Waals surface area contributed by atoms with E-state index in [2.05, 4.69) is 31.7 Å². The zero-order valence-electron chi connectivity index (χ0n) is 15.7. The zero-order valence-corrected chi connectivity index (χ0v) is 16.5. The van der Waals surface area contributed by atoms with Crippen LogP contribution in [0.3, 0.4) is 0 Å². The molecule has 3 aliphatic rings. The molecule has 3 fully saturated rings. The predicted molar refractivity (Wildman–Crippen MR) is 103 cm³/mol. The predicted octanol–water partition coefficient (Wildman–Crippen LogP) is 1.55. The van der Waals surface area contributed by atoms with Gasteiger partial charge in [-0.1, -0.05) is 12.8 Å². The van der Waals surface area contributed by atoms with Crippen LogP contribution in [0.1, 0.15) is 44.6 Å². The third-order valence-electron chi connectivity index (χ3n) is 7.18. The molecule has 2 N–H and O–H groups in total. The largest absolute Gasteiger partial charge is 0.367 e. The summed E-state index contributed by atoms with van der Waals surface area (Å²) < 4.78 is 26.8. The van der Waals surface area contributed by atoms with E-state index in [0.717, 1.165) is 29.7 Å². The maximum absolute atomic E-state index is 12.3. The van der Waals surface area contributed by atoms with E-state index >= 15 is 0 Å². The summed E-state index contributed by atoms with van der Waals surface area (Å²) in [5.74, 6) is 0.920. The van der Waals surface area contributed by atoms with Gasteiger partial charge in [0.2, 0.25) is 0 Å². The molecule has 2 aromatic heterocycles. The second kappa shape index (κ2) is 5.65. The Morgan fingerprint density at radius 3 is 2.67 bits per heavy atom. The van der Waals surface area contributed by atoms with E-state index in [-0.39, 0.29) is 9.43 Å². The molecule has 2 saturated carbocycles. The Hall–Kier alpha value is -1.71. The van der Waals surface area contributed by atoms with Gasteiger partial charge in [0.25, 0.3) is 0 Å². The molecule has 2 aliphatic carbocycles. The number of anilines is 1. The van der Waals surface area contributed by atoms with Crippen LogP contribution >= 0.6 is 0 Å². The van der Waals surface area contributed by atoms with Gasteiger partial charge in [-0.2, -0.15) is 17.4 Å². The first-order chi connectivity index (χ1) is 12.8. The standard InChI is InChI=1S/C18H27N6O2S/c1-24(27(19,25)26)11-10-22(12-18(24)7-8-18)16-15-6-9-23(14-4-2-3-5-14)17(15)21-13-20-16/h6,9,13-14H,2-5,7-8,10-12H2,1H3,(H2,19,25,26)/q+1. The van der Waals surface area contributed by atoms with Crippen LogP contribution in [0.2, 0.25) is 0 Å². The fraction of sp³-hybridized carbons (Fsp3) is 0.667. The van der Waals surface area contributed by atoms with Gasteiger partial charge in [0.15, 0.2) is 0 Å². The number of aromatic nitrogens is 3. The van der Waals surface area contributed by atoms with Gasteiger partial charge in [-0.3, -0.25) is 0 Å². The van der Waals surface area contributed by atoms with Gasteiger partial charge >= 0.3 is 10.2 Å². The molecule has 1 saturated heterocycles. The topological polar surface area (TPSA) is 94.1 Å². The van der Waals surface area contributed by atoms with Crippen LogP contribution in [-0.4, -0.2) is 59.1 Å². The normalized spacial score (nSPS) is 28.3. The van der Waals surface area contributed by atoms with Crippen molar-refractivity contribution in [2.24, 2.45) is 5.14 Å². The van der Waals surface area contributed by atoms with Crippen molar-refractivity contribution in [1.29, 1.82) is 0 Å². The van der Waals surface area contributed by atoms with E-state index < -0.39 is 10.2 Å². The minimum atomic E-state index is -3.65. The monoisotopic (exact) mass is 391 g/mol. The van der Waals surface area contributed by atoms with Crippen LogP contribution in [0.4, 0.5) is 5.82 Å². The first kappa shape index (κ1) is 17.4. The molecule has 27 heavy (non-hydrogen) atoms. The molecule has 146 valence electrons. The number of rotatable bonds is 3. The first-order valence-corrected chi connectivity index (χ1v) is 11.3. The third kappa shape index (κ3) is 2.44. The highest BCUT2D eigenvalue weighted by atomic mass is 32.2. The van der Waals surface area contributed by atoms with Crippen molar-refractivity contribution in [2.45, 2.75) is 50.1 Å². The van der Waals surface area contributed by atoms with Crippen molar-refractivity contribution in [1.82, 2.24) is 14.5 Å². The number of fused-ring (bicyclic) bond motifs is 1. The third-order valence-corrected chi connectivity index (χ3v) is 8.87. The number of hydrogen-bond acceptors (Lipinski definition) is 5. The van der Waals surface area contributed by atoms with Crippen LogP contribution in [0.5, 0.6) is 0 Å². The highest BCUT2D eigenvalue weighted by Gasteiger charge is 2.66. The number of hydrogen-bond donors (Lipinski definition) is 1. The Morgan fingerprint density at radius 1 is 1.26 bits per heavy atom. The van der Waals surface area contributed by atoms with Crippen molar-refractivity contribution in [3.05, 3.63) is 18.6 Å². The molecule has 0 amide bonds. The second-order valence-electron chi connectivity index (χ2n) is 8.58. The highest BCUT2D eigenvalue weighted by Crippen LogP contribution is 2.50. The molecule has 0 aromatic carbocycles. The van der Waals surface area contributed by atoms with Gasteiger partial charge in [-0.05, 0) is 18.9 Å². The van der Waals surface area contributed by atoms with Crippen LogP contribution < -0.4 is 10.0 Å². The smallest absolute Gasteiger partial charge is 0.344 e. The fourth-order valence-electron chi connectivity index (χ4n) is 5.17. The molecule has 9 heteroatoms. The van der Waals surface area contributed by atoms with Crippen LogP contribution in [0.15, 0.2) is 18.6 Å².